The van der Waals surface area contributed by atoms with Crippen molar-refractivity contribution in [1.82, 2.24) is 18.9 Å². The van der Waals surface area contributed by atoms with E-state index in [0.717, 1.165) is 35.4 Å². The van der Waals surface area contributed by atoms with E-state index in [4.69, 9.17) is 0 Å². The minimum atomic E-state index is -3.50. The number of nitrogens with zero attached hydrogens (tertiary/aromatic N) is 4. The Hall–Kier alpha value is -2.25. The predicted molar refractivity (Wildman–Crippen MR) is 99.6 cm³/mol. The van der Waals surface area contributed by atoms with Gasteiger partial charge in [-0.05, 0) is 62.1 Å². The van der Waals surface area contributed by atoms with Crippen molar-refractivity contribution in [1.29, 1.82) is 0 Å². The van der Waals surface area contributed by atoms with Gasteiger partial charge < -0.3 is 0 Å². The van der Waals surface area contributed by atoms with E-state index in [1.54, 1.807) is 16.4 Å². The molecule has 0 amide bonds. The van der Waals surface area contributed by atoms with Crippen LogP contribution in [-0.4, -0.2) is 40.4 Å². The standard InChI is InChI=1S/C19H22N4O2S/c1-14-8-9-17(12-15(14)2)26(24,25)22-10-5-6-16(13-22)19-21-20-18-7-3-4-11-23(18)19/h3-4,7-9,11-12,16H,5-6,10,13H2,1-2H3. The van der Waals surface area contributed by atoms with Gasteiger partial charge in [0.05, 0.1) is 4.90 Å². The molecule has 136 valence electrons. The van der Waals surface area contributed by atoms with Crippen LogP contribution in [0.1, 0.15) is 35.7 Å². The SMILES string of the molecule is Cc1ccc(S(=O)(=O)N2CCCC(c3nnc4ccccn34)C2)cc1C. The second kappa shape index (κ2) is 6.48. The summed E-state index contributed by atoms with van der Waals surface area (Å²) < 4.78 is 29.8. The Kier molecular flexibility index (Phi) is 4.28. The Morgan fingerprint density at radius 3 is 2.73 bits per heavy atom. The second-order valence-corrected chi connectivity index (χ2v) is 8.87. The van der Waals surface area contributed by atoms with Crippen LogP contribution in [0.15, 0.2) is 47.5 Å². The van der Waals surface area contributed by atoms with Gasteiger partial charge in [0.1, 0.15) is 5.82 Å². The third kappa shape index (κ3) is 2.91. The molecular weight excluding hydrogens is 348 g/mol. The Bertz CT molecular complexity index is 1060. The highest BCUT2D eigenvalue weighted by Gasteiger charge is 2.32. The van der Waals surface area contributed by atoms with Crippen LogP contribution in [0.25, 0.3) is 5.65 Å². The summed E-state index contributed by atoms with van der Waals surface area (Å²) in [7, 11) is -3.50. The highest BCUT2D eigenvalue weighted by atomic mass is 32.2. The number of sulfonamides is 1. The summed E-state index contributed by atoms with van der Waals surface area (Å²) in [6.45, 7) is 4.90. The molecule has 1 saturated heterocycles. The Morgan fingerprint density at radius 1 is 1.08 bits per heavy atom. The van der Waals surface area contributed by atoms with Crippen LogP contribution in [0.4, 0.5) is 0 Å². The Morgan fingerprint density at radius 2 is 1.92 bits per heavy atom. The molecule has 26 heavy (non-hydrogen) atoms. The number of pyridine rings is 1. The lowest BCUT2D eigenvalue weighted by molar-refractivity contribution is 0.308. The number of rotatable bonds is 3. The van der Waals surface area contributed by atoms with E-state index < -0.39 is 10.0 Å². The number of hydrogen-bond acceptors (Lipinski definition) is 4. The maximum Gasteiger partial charge on any atom is 0.243 e. The summed E-state index contributed by atoms with van der Waals surface area (Å²) in [5.41, 5.74) is 2.87. The summed E-state index contributed by atoms with van der Waals surface area (Å²) in [5.74, 6) is 0.878. The van der Waals surface area contributed by atoms with Gasteiger partial charge in [-0.3, -0.25) is 4.40 Å². The van der Waals surface area contributed by atoms with E-state index >= 15 is 0 Å². The fourth-order valence-corrected chi connectivity index (χ4v) is 5.14. The van der Waals surface area contributed by atoms with E-state index in [0.29, 0.717) is 18.0 Å². The van der Waals surface area contributed by atoms with E-state index in [1.165, 1.54) is 0 Å². The molecule has 1 atom stereocenters. The first-order valence-corrected chi connectivity index (χ1v) is 10.3. The largest absolute Gasteiger partial charge is 0.286 e. The van der Waals surface area contributed by atoms with Gasteiger partial charge in [0.2, 0.25) is 10.0 Å². The first-order valence-electron chi connectivity index (χ1n) is 8.84. The van der Waals surface area contributed by atoms with E-state index in [2.05, 4.69) is 10.2 Å². The van der Waals surface area contributed by atoms with Crippen LogP contribution in [0.3, 0.4) is 0 Å². The maximum atomic E-state index is 13.1. The fraction of sp³-hybridized carbons (Fsp3) is 0.368. The highest BCUT2D eigenvalue weighted by molar-refractivity contribution is 7.89. The molecule has 0 saturated carbocycles. The number of benzene rings is 1. The van der Waals surface area contributed by atoms with Crippen molar-refractivity contribution in [2.45, 2.75) is 37.5 Å². The number of aromatic nitrogens is 3. The average molecular weight is 370 g/mol. The lowest BCUT2D eigenvalue weighted by atomic mass is 9.99. The number of hydrogen-bond donors (Lipinski definition) is 0. The summed E-state index contributed by atoms with van der Waals surface area (Å²) in [4.78, 5) is 0.368. The molecule has 0 bridgehead atoms. The van der Waals surface area contributed by atoms with Crippen molar-refractivity contribution in [3.63, 3.8) is 0 Å². The second-order valence-electron chi connectivity index (χ2n) is 6.94. The third-order valence-corrected chi connectivity index (χ3v) is 7.07. The van der Waals surface area contributed by atoms with Gasteiger partial charge in [-0.2, -0.15) is 4.31 Å². The van der Waals surface area contributed by atoms with Gasteiger partial charge in [0, 0.05) is 25.2 Å². The smallest absolute Gasteiger partial charge is 0.243 e. The van der Waals surface area contributed by atoms with E-state index in [9.17, 15) is 8.42 Å². The van der Waals surface area contributed by atoms with Gasteiger partial charge >= 0.3 is 0 Å². The van der Waals surface area contributed by atoms with Crippen LogP contribution >= 0.6 is 0 Å². The van der Waals surface area contributed by atoms with Crippen molar-refractivity contribution < 1.29 is 8.42 Å². The Balaban J connectivity index is 1.65. The molecule has 4 rings (SSSR count). The van der Waals surface area contributed by atoms with Crippen molar-refractivity contribution in [3.8, 4) is 0 Å². The molecule has 3 heterocycles. The molecule has 1 aromatic carbocycles. The van der Waals surface area contributed by atoms with E-state index in [1.807, 2.05) is 48.7 Å². The van der Waals surface area contributed by atoms with Gasteiger partial charge in [-0.15, -0.1) is 10.2 Å². The van der Waals surface area contributed by atoms with Crippen molar-refractivity contribution >= 4 is 15.7 Å². The van der Waals surface area contributed by atoms with Gasteiger partial charge in [-0.1, -0.05) is 12.1 Å². The van der Waals surface area contributed by atoms with Gasteiger partial charge in [0.25, 0.3) is 0 Å². The number of piperidine rings is 1. The molecule has 1 fully saturated rings. The molecule has 7 heteroatoms. The lowest BCUT2D eigenvalue weighted by Crippen LogP contribution is -2.39. The fourth-order valence-electron chi connectivity index (χ4n) is 3.53. The number of aryl methyl sites for hydroxylation is 2. The quantitative estimate of drug-likeness (QED) is 0.711. The normalized spacial score (nSPS) is 19.1. The van der Waals surface area contributed by atoms with Crippen LogP contribution in [0.2, 0.25) is 0 Å². The third-order valence-electron chi connectivity index (χ3n) is 5.21. The summed E-state index contributed by atoms with van der Waals surface area (Å²) in [6, 6.07) is 11.1. The first-order chi connectivity index (χ1) is 12.5. The monoisotopic (exact) mass is 370 g/mol. The van der Waals surface area contributed by atoms with Crippen LogP contribution in [-0.2, 0) is 10.0 Å². The molecule has 0 radical (unpaired) electrons. The Labute approximate surface area is 153 Å². The molecule has 1 aliphatic rings. The molecule has 6 nitrogen and oxygen atoms in total. The van der Waals surface area contributed by atoms with E-state index in [-0.39, 0.29) is 5.92 Å². The highest BCUT2D eigenvalue weighted by Crippen LogP contribution is 2.30. The van der Waals surface area contributed by atoms with Crippen molar-refractivity contribution in [2.24, 2.45) is 0 Å². The topological polar surface area (TPSA) is 67.6 Å². The van der Waals surface area contributed by atoms with Crippen LogP contribution in [0, 0.1) is 13.8 Å². The van der Waals surface area contributed by atoms with Gasteiger partial charge in [-0.25, -0.2) is 8.42 Å². The summed E-state index contributed by atoms with van der Waals surface area (Å²) in [6.07, 6.45) is 3.66. The molecule has 0 aliphatic carbocycles. The molecule has 1 unspecified atom stereocenters. The molecule has 2 aromatic heterocycles. The minimum Gasteiger partial charge on any atom is -0.286 e. The molecule has 0 spiro atoms. The zero-order valence-corrected chi connectivity index (χ0v) is 15.8. The first kappa shape index (κ1) is 17.2. The van der Waals surface area contributed by atoms with Crippen molar-refractivity contribution in [3.05, 3.63) is 59.5 Å². The zero-order valence-electron chi connectivity index (χ0n) is 15.0. The lowest BCUT2D eigenvalue weighted by Gasteiger charge is -2.31. The van der Waals surface area contributed by atoms with Crippen molar-refractivity contribution in [2.75, 3.05) is 13.1 Å². The van der Waals surface area contributed by atoms with Crippen LogP contribution < -0.4 is 0 Å². The zero-order chi connectivity index (χ0) is 18.3. The summed E-state index contributed by atoms with van der Waals surface area (Å²) in [5, 5.41) is 8.53. The number of fused-ring (bicyclic) bond motifs is 1. The van der Waals surface area contributed by atoms with Gasteiger partial charge in [0.15, 0.2) is 5.65 Å². The molecule has 1 aliphatic heterocycles. The molecule has 3 aromatic rings. The molecular formula is C19H22N4O2S. The minimum absolute atomic E-state index is 0.0440. The predicted octanol–water partition coefficient (Wildman–Crippen LogP) is 2.91. The average Bonchev–Trinajstić information content (AvgIpc) is 3.08. The van der Waals surface area contributed by atoms with Crippen LogP contribution in [0.5, 0.6) is 0 Å². The maximum absolute atomic E-state index is 13.1. The molecule has 0 N–H and O–H groups in total. The summed E-state index contributed by atoms with van der Waals surface area (Å²) >= 11 is 0.